The molecule has 0 unspecified atom stereocenters. The normalized spacial score (nSPS) is 22.8. The lowest BCUT2D eigenvalue weighted by atomic mass is 10.0. The van der Waals surface area contributed by atoms with Crippen LogP contribution in [-0.2, 0) is 4.79 Å². The molecule has 2 aromatic carbocycles. The molecule has 3 rings (SSSR count). The molecule has 3 nitrogen and oxygen atoms in total. The minimum absolute atomic E-state index is 0.0805. The number of carbonyl (C=O) groups is 1. The van der Waals surface area contributed by atoms with Crippen LogP contribution in [0.2, 0.25) is 5.02 Å². The molecule has 25 heavy (non-hydrogen) atoms. The number of hydrogen-bond donors (Lipinski definition) is 2. The first kappa shape index (κ1) is 17.8. The fourth-order valence-electron chi connectivity index (χ4n) is 3.07. The Labute approximate surface area is 150 Å². The quantitative estimate of drug-likeness (QED) is 0.835. The third kappa shape index (κ3) is 3.67. The summed E-state index contributed by atoms with van der Waals surface area (Å²) in [4.78, 5) is 12.4. The topological polar surface area (TPSA) is 41.1 Å². The van der Waals surface area contributed by atoms with Crippen LogP contribution in [0.1, 0.15) is 20.3 Å². The van der Waals surface area contributed by atoms with Gasteiger partial charge < -0.3 is 10.6 Å². The van der Waals surface area contributed by atoms with Crippen molar-refractivity contribution in [2.24, 2.45) is 5.92 Å². The van der Waals surface area contributed by atoms with Gasteiger partial charge in [-0.15, -0.1) is 0 Å². The SMILES string of the molecule is C[C@@H]1C[C@@H](C(=O)Nc2cccc(-c3ccc(F)cc3Cl)c2F)N[C@@H]1C. The van der Waals surface area contributed by atoms with Crippen LogP contribution in [0.4, 0.5) is 14.5 Å². The summed E-state index contributed by atoms with van der Waals surface area (Å²) in [5, 5.41) is 5.96. The van der Waals surface area contributed by atoms with Crippen LogP contribution in [-0.4, -0.2) is 18.0 Å². The third-order valence-corrected chi connectivity index (χ3v) is 5.03. The Morgan fingerprint density at radius 3 is 2.60 bits per heavy atom. The van der Waals surface area contributed by atoms with E-state index in [2.05, 4.69) is 17.6 Å². The van der Waals surface area contributed by atoms with Crippen LogP contribution in [0.25, 0.3) is 11.1 Å². The Morgan fingerprint density at radius 2 is 1.96 bits per heavy atom. The molecule has 1 amide bonds. The van der Waals surface area contributed by atoms with Gasteiger partial charge in [-0.05, 0) is 43.5 Å². The fourth-order valence-corrected chi connectivity index (χ4v) is 3.34. The number of carbonyl (C=O) groups excluding carboxylic acids is 1. The largest absolute Gasteiger partial charge is 0.322 e. The number of nitrogens with one attached hydrogen (secondary N) is 2. The van der Waals surface area contributed by atoms with E-state index in [0.29, 0.717) is 17.9 Å². The van der Waals surface area contributed by atoms with Gasteiger partial charge in [-0.2, -0.15) is 0 Å². The first-order chi connectivity index (χ1) is 11.9. The maximum atomic E-state index is 14.9. The van der Waals surface area contributed by atoms with E-state index in [1.165, 1.54) is 18.2 Å². The molecule has 6 heteroatoms. The average molecular weight is 365 g/mol. The second-order valence-corrected chi connectivity index (χ2v) is 6.91. The molecular weight excluding hydrogens is 346 g/mol. The summed E-state index contributed by atoms with van der Waals surface area (Å²) in [6.45, 7) is 4.10. The molecule has 0 spiro atoms. The van der Waals surface area contributed by atoms with Crippen LogP contribution >= 0.6 is 11.6 Å². The predicted molar refractivity (Wildman–Crippen MR) is 95.6 cm³/mol. The smallest absolute Gasteiger partial charge is 0.241 e. The number of anilines is 1. The van der Waals surface area contributed by atoms with Crippen molar-refractivity contribution < 1.29 is 13.6 Å². The van der Waals surface area contributed by atoms with Gasteiger partial charge in [-0.1, -0.05) is 30.7 Å². The molecule has 0 saturated carbocycles. The van der Waals surface area contributed by atoms with E-state index >= 15 is 0 Å². The lowest BCUT2D eigenvalue weighted by Gasteiger charge is -2.14. The summed E-state index contributed by atoms with van der Waals surface area (Å²) in [7, 11) is 0. The number of rotatable bonds is 3. The lowest BCUT2D eigenvalue weighted by Crippen LogP contribution is -2.38. The van der Waals surface area contributed by atoms with Gasteiger partial charge in [0.25, 0.3) is 0 Å². The van der Waals surface area contributed by atoms with E-state index in [1.807, 2.05) is 6.92 Å². The lowest BCUT2D eigenvalue weighted by molar-refractivity contribution is -0.117. The molecule has 2 aromatic rings. The second kappa shape index (κ2) is 7.10. The van der Waals surface area contributed by atoms with Gasteiger partial charge in [-0.25, -0.2) is 8.78 Å². The van der Waals surface area contributed by atoms with E-state index in [9.17, 15) is 13.6 Å². The summed E-state index contributed by atoms with van der Waals surface area (Å²) >= 11 is 6.03. The zero-order chi connectivity index (χ0) is 18.1. The third-order valence-electron chi connectivity index (χ3n) is 4.72. The van der Waals surface area contributed by atoms with Gasteiger partial charge in [0.2, 0.25) is 5.91 Å². The van der Waals surface area contributed by atoms with E-state index in [-0.39, 0.29) is 34.3 Å². The summed E-state index contributed by atoms with van der Waals surface area (Å²) in [6, 6.07) is 8.33. The van der Waals surface area contributed by atoms with Crippen molar-refractivity contribution in [1.82, 2.24) is 5.32 Å². The molecule has 0 aliphatic carbocycles. The van der Waals surface area contributed by atoms with Crippen molar-refractivity contribution in [2.75, 3.05) is 5.32 Å². The van der Waals surface area contributed by atoms with Crippen LogP contribution in [0.15, 0.2) is 36.4 Å². The molecule has 132 valence electrons. The zero-order valence-electron chi connectivity index (χ0n) is 13.9. The molecule has 2 N–H and O–H groups in total. The molecule has 1 aliphatic heterocycles. The molecule has 1 heterocycles. The van der Waals surface area contributed by atoms with Crippen molar-refractivity contribution in [1.29, 1.82) is 0 Å². The maximum Gasteiger partial charge on any atom is 0.241 e. The van der Waals surface area contributed by atoms with Gasteiger partial charge >= 0.3 is 0 Å². The summed E-state index contributed by atoms with van der Waals surface area (Å²) < 4.78 is 28.1. The molecule has 0 aromatic heterocycles. The molecule has 1 aliphatic rings. The van der Waals surface area contributed by atoms with Crippen LogP contribution in [0, 0.1) is 17.6 Å². The Hall–Kier alpha value is -1.98. The standard InChI is InChI=1S/C19H19ClF2N2O/c1-10-8-17(23-11(10)2)19(25)24-16-5-3-4-14(18(16)22)13-7-6-12(21)9-15(13)20/h3-7,9-11,17,23H,8H2,1-2H3,(H,24,25)/t10-,11-,17+/m1/s1. The second-order valence-electron chi connectivity index (χ2n) is 6.50. The van der Waals surface area contributed by atoms with Crippen LogP contribution < -0.4 is 10.6 Å². The number of amides is 1. The summed E-state index contributed by atoms with van der Waals surface area (Å²) in [5.41, 5.74) is 0.665. The molecule has 3 atom stereocenters. The Morgan fingerprint density at radius 1 is 1.20 bits per heavy atom. The molecule has 1 fully saturated rings. The first-order valence-electron chi connectivity index (χ1n) is 8.17. The number of hydrogen-bond acceptors (Lipinski definition) is 2. The van der Waals surface area contributed by atoms with E-state index in [1.54, 1.807) is 12.1 Å². The van der Waals surface area contributed by atoms with Gasteiger partial charge in [0, 0.05) is 17.2 Å². The highest BCUT2D eigenvalue weighted by Gasteiger charge is 2.32. The molecule has 0 bridgehead atoms. The Balaban J connectivity index is 1.85. The van der Waals surface area contributed by atoms with Gasteiger partial charge in [0.1, 0.15) is 5.82 Å². The van der Waals surface area contributed by atoms with Crippen molar-refractivity contribution in [3.8, 4) is 11.1 Å². The minimum Gasteiger partial charge on any atom is -0.322 e. The van der Waals surface area contributed by atoms with Crippen molar-refractivity contribution >= 4 is 23.2 Å². The highest BCUT2D eigenvalue weighted by atomic mass is 35.5. The van der Waals surface area contributed by atoms with Crippen LogP contribution in [0.5, 0.6) is 0 Å². The van der Waals surface area contributed by atoms with E-state index in [4.69, 9.17) is 11.6 Å². The van der Waals surface area contributed by atoms with Crippen molar-refractivity contribution in [3.63, 3.8) is 0 Å². The zero-order valence-corrected chi connectivity index (χ0v) is 14.7. The average Bonchev–Trinajstić information content (AvgIpc) is 2.89. The van der Waals surface area contributed by atoms with Gasteiger partial charge in [0.05, 0.1) is 16.8 Å². The maximum absolute atomic E-state index is 14.9. The fraction of sp³-hybridized carbons (Fsp3) is 0.316. The highest BCUT2D eigenvalue weighted by Crippen LogP contribution is 2.33. The monoisotopic (exact) mass is 364 g/mol. The number of benzene rings is 2. The van der Waals surface area contributed by atoms with Crippen LogP contribution in [0.3, 0.4) is 0 Å². The summed E-state index contributed by atoms with van der Waals surface area (Å²) in [5.74, 6) is -0.972. The number of halogens is 3. The Kier molecular flexibility index (Phi) is 5.06. The van der Waals surface area contributed by atoms with E-state index in [0.717, 1.165) is 6.07 Å². The highest BCUT2D eigenvalue weighted by molar-refractivity contribution is 6.33. The first-order valence-corrected chi connectivity index (χ1v) is 8.55. The molecule has 0 radical (unpaired) electrons. The van der Waals surface area contributed by atoms with Gasteiger partial charge in [0.15, 0.2) is 5.82 Å². The van der Waals surface area contributed by atoms with E-state index < -0.39 is 11.6 Å². The van der Waals surface area contributed by atoms with Gasteiger partial charge in [-0.3, -0.25) is 4.79 Å². The minimum atomic E-state index is -0.594. The predicted octanol–water partition coefficient (Wildman–Crippen LogP) is 4.61. The van der Waals surface area contributed by atoms with Crippen molar-refractivity contribution in [3.05, 3.63) is 53.1 Å². The molecular formula is C19H19ClF2N2O. The van der Waals surface area contributed by atoms with Crippen molar-refractivity contribution in [2.45, 2.75) is 32.4 Å². The molecule has 1 saturated heterocycles. The summed E-state index contributed by atoms with van der Waals surface area (Å²) in [6.07, 6.45) is 0.706. The Bertz CT molecular complexity index is 802.